The zero-order valence-corrected chi connectivity index (χ0v) is 17.7. The maximum Gasteiger partial charge on any atom is 0.262 e. The van der Waals surface area contributed by atoms with Crippen LogP contribution >= 0.6 is 23.1 Å². The number of amides is 2. The zero-order valence-electron chi connectivity index (χ0n) is 16.1. The molecule has 0 fully saturated rings. The molecule has 150 valence electrons. The summed E-state index contributed by atoms with van der Waals surface area (Å²) in [5.74, 6) is -0.710. The van der Waals surface area contributed by atoms with Crippen molar-refractivity contribution in [2.24, 2.45) is 7.05 Å². The van der Waals surface area contributed by atoms with Crippen molar-refractivity contribution in [1.29, 1.82) is 0 Å². The van der Waals surface area contributed by atoms with Crippen molar-refractivity contribution in [3.63, 3.8) is 0 Å². The van der Waals surface area contributed by atoms with Gasteiger partial charge >= 0.3 is 0 Å². The molecule has 0 unspecified atom stereocenters. The molecule has 1 N–H and O–H groups in total. The van der Waals surface area contributed by atoms with E-state index < -0.39 is 5.91 Å². The molecule has 1 aromatic carbocycles. The second kappa shape index (κ2) is 8.51. The van der Waals surface area contributed by atoms with Gasteiger partial charge in [-0.05, 0) is 36.8 Å². The third kappa shape index (κ3) is 4.28. The van der Waals surface area contributed by atoms with E-state index >= 15 is 0 Å². The normalized spacial score (nSPS) is 13.3. The van der Waals surface area contributed by atoms with Gasteiger partial charge in [0.15, 0.2) is 5.16 Å². The van der Waals surface area contributed by atoms with Crippen molar-refractivity contribution >= 4 is 45.1 Å². The minimum Gasteiger partial charge on any atom is -0.295 e. The van der Waals surface area contributed by atoms with E-state index in [0.717, 1.165) is 47.0 Å². The molecule has 0 saturated carbocycles. The highest BCUT2D eigenvalue weighted by Crippen LogP contribution is 2.34. The highest BCUT2D eigenvalue weighted by atomic mass is 32.2. The third-order valence-corrected chi connectivity index (χ3v) is 7.19. The molecule has 3 aromatic rings. The number of carbonyl (C=O) groups excluding carboxylic acids is 2. The Morgan fingerprint density at radius 1 is 1.17 bits per heavy atom. The number of aromatic nitrogens is 2. The number of nitrogens with one attached hydrogen (secondary N) is 1. The quantitative estimate of drug-likeness (QED) is 0.500. The molecule has 8 heteroatoms. The van der Waals surface area contributed by atoms with E-state index in [9.17, 15) is 14.4 Å². The molecule has 6 nitrogen and oxygen atoms in total. The molecule has 0 bridgehead atoms. The predicted octanol–water partition coefficient (Wildman–Crippen LogP) is 2.85. The van der Waals surface area contributed by atoms with Gasteiger partial charge in [-0.25, -0.2) is 4.98 Å². The van der Waals surface area contributed by atoms with Gasteiger partial charge in [0.25, 0.3) is 5.56 Å². The molecular weight excluding hydrogens is 406 g/mol. The summed E-state index contributed by atoms with van der Waals surface area (Å²) in [4.78, 5) is 43.7. The van der Waals surface area contributed by atoms with Crippen LogP contribution in [0.15, 0.2) is 40.3 Å². The first kappa shape index (κ1) is 19.8. The SMILES string of the molecule is Cn1c(SCC(=O)NC(=O)Cc2ccccc2)nc2sc3c(c2c1=O)CCCC3. The van der Waals surface area contributed by atoms with Gasteiger partial charge in [-0.3, -0.25) is 24.3 Å². The van der Waals surface area contributed by atoms with Gasteiger partial charge in [0.2, 0.25) is 11.8 Å². The zero-order chi connectivity index (χ0) is 20.4. The first-order valence-electron chi connectivity index (χ1n) is 9.53. The fourth-order valence-corrected chi connectivity index (χ4v) is 5.62. The second-order valence-corrected chi connectivity index (χ2v) is 9.10. The minimum absolute atomic E-state index is 0.0252. The van der Waals surface area contributed by atoms with Gasteiger partial charge < -0.3 is 0 Å². The van der Waals surface area contributed by atoms with E-state index in [0.29, 0.717) is 5.16 Å². The van der Waals surface area contributed by atoms with Crippen LogP contribution in [-0.4, -0.2) is 27.1 Å². The average molecular weight is 428 g/mol. The van der Waals surface area contributed by atoms with Crippen LogP contribution in [0.4, 0.5) is 0 Å². The van der Waals surface area contributed by atoms with Crippen LogP contribution < -0.4 is 10.9 Å². The molecule has 4 rings (SSSR count). The molecule has 2 amide bonds. The lowest BCUT2D eigenvalue weighted by Gasteiger charge is -2.10. The third-order valence-electron chi connectivity index (χ3n) is 4.97. The van der Waals surface area contributed by atoms with Crippen LogP contribution in [0.3, 0.4) is 0 Å². The Morgan fingerprint density at radius 3 is 2.72 bits per heavy atom. The lowest BCUT2D eigenvalue weighted by atomic mass is 9.97. The topological polar surface area (TPSA) is 81.1 Å². The summed E-state index contributed by atoms with van der Waals surface area (Å²) in [6.45, 7) is 0. The maximum absolute atomic E-state index is 12.9. The van der Waals surface area contributed by atoms with E-state index in [4.69, 9.17) is 0 Å². The van der Waals surface area contributed by atoms with Gasteiger partial charge in [-0.1, -0.05) is 42.1 Å². The Hall–Kier alpha value is -2.45. The van der Waals surface area contributed by atoms with E-state index in [1.807, 2.05) is 30.3 Å². The molecule has 2 aromatic heterocycles. The maximum atomic E-state index is 12.9. The number of hydrogen-bond acceptors (Lipinski definition) is 6. The summed E-state index contributed by atoms with van der Waals surface area (Å²) in [6, 6.07) is 9.26. The summed E-state index contributed by atoms with van der Waals surface area (Å²) >= 11 is 2.76. The average Bonchev–Trinajstić information content (AvgIpc) is 3.08. The minimum atomic E-state index is -0.393. The summed E-state index contributed by atoms with van der Waals surface area (Å²) in [6.07, 6.45) is 4.36. The molecule has 0 saturated heterocycles. The smallest absolute Gasteiger partial charge is 0.262 e. The highest BCUT2D eigenvalue weighted by Gasteiger charge is 2.21. The molecule has 1 aliphatic carbocycles. The largest absolute Gasteiger partial charge is 0.295 e. The number of nitrogens with zero attached hydrogens (tertiary/aromatic N) is 2. The predicted molar refractivity (Wildman–Crippen MR) is 116 cm³/mol. The summed E-state index contributed by atoms with van der Waals surface area (Å²) < 4.78 is 1.51. The Kier molecular flexibility index (Phi) is 5.82. The van der Waals surface area contributed by atoms with Crippen molar-refractivity contribution in [2.45, 2.75) is 37.3 Å². The number of thioether (sulfide) groups is 1. The van der Waals surface area contributed by atoms with Crippen LogP contribution in [0, 0.1) is 0 Å². The molecule has 0 spiro atoms. The Bertz CT molecular complexity index is 1140. The lowest BCUT2D eigenvalue weighted by Crippen LogP contribution is -2.33. The summed E-state index contributed by atoms with van der Waals surface area (Å²) in [7, 11) is 1.68. The van der Waals surface area contributed by atoms with Gasteiger partial charge in [0, 0.05) is 11.9 Å². The van der Waals surface area contributed by atoms with Gasteiger partial charge in [-0.15, -0.1) is 11.3 Å². The van der Waals surface area contributed by atoms with Crippen molar-refractivity contribution in [3.8, 4) is 0 Å². The van der Waals surface area contributed by atoms with Crippen LogP contribution in [0.5, 0.6) is 0 Å². The molecule has 1 aliphatic rings. The van der Waals surface area contributed by atoms with Crippen LogP contribution in [0.25, 0.3) is 10.2 Å². The number of rotatable bonds is 5. The number of carbonyl (C=O) groups is 2. The van der Waals surface area contributed by atoms with E-state index in [1.165, 1.54) is 21.2 Å². The number of benzene rings is 1. The Morgan fingerprint density at radius 2 is 1.93 bits per heavy atom. The molecule has 29 heavy (non-hydrogen) atoms. The number of imide groups is 1. The first-order valence-corrected chi connectivity index (χ1v) is 11.3. The van der Waals surface area contributed by atoms with Crippen LogP contribution in [0.1, 0.15) is 28.8 Å². The monoisotopic (exact) mass is 427 g/mol. The fourth-order valence-electron chi connectivity index (χ4n) is 3.54. The van der Waals surface area contributed by atoms with Gasteiger partial charge in [-0.2, -0.15) is 0 Å². The van der Waals surface area contributed by atoms with Crippen molar-refractivity contribution in [2.75, 3.05) is 5.75 Å². The molecular formula is C21H21N3O3S2. The van der Waals surface area contributed by atoms with Crippen molar-refractivity contribution in [1.82, 2.24) is 14.9 Å². The van der Waals surface area contributed by atoms with E-state index in [1.54, 1.807) is 18.4 Å². The number of thiophene rings is 1. The van der Waals surface area contributed by atoms with Crippen molar-refractivity contribution < 1.29 is 9.59 Å². The highest BCUT2D eigenvalue weighted by molar-refractivity contribution is 7.99. The van der Waals surface area contributed by atoms with E-state index in [-0.39, 0.29) is 23.6 Å². The number of hydrogen-bond donors (Lipinski definition) is 1. The molecule has 0 radical (unpaired) electrons. The fraction of sp³-hybridized carbons (Fsp3) is 0.333. The second-order valence-electron chi connectivity index (χ2n) is 7.07. The standard InChI is InChI=1S/C21H21N3O3S2/c1-24-20(27)18-14-9-5-6-10-15(14)29-19(18)23-21(24)28-12-17(26)22-16(25)11-13-7-3-2-4-8-13/h2-4,7-8H,5-6,9-12H2,1H3,(H,22,25,26). The Labute approximate surface area is 176 Å². The summed E-state index contributed by atoms with van der Waals surface area (Å²) in [5.41, 5.74) is 1.95. The van der Waals surface area contributed by atoms with Crippen LogP contribution in [-0.2, 0) is 35.9 Å². The summed E-state index contributed by atoms with van der Waals surface area (Å²) in [5, 5.41) is 3.63. The van der Waals surface area contributed by atoms with Gasteiger partial charge in [0.05, 0.1) is 17.6 Å². The molecule has 0 aliphatic heterocycles. The van der Waals surface area contributed by atoms with E-state index in [2.05, 4.69) is 10.3 Å². The Balaban J connectivity index is 1.44. The number of fused-ring (bicyclic) bond motifs is 3. The molecule has 2 heterocycles. The first-order chi connectivity index (χ1) is 14.0. The van der Waals surface area contributed by atoms with Crippen molar-refractivity contribution in [3.05, 3.63) is 56.7 Å². The van der Waals surface area contributed by atoms with Gasteiger partial charge in [0.1, 0.15) is 4.83 Å². The van der Waals surface area contributed by atoms with Crippen LogP contribution in [0.2, 0.25) is 0 Å². The number of aryl methyl sites for hydroxylation is 2. The lowest BCUT2D eigenvalue weighted by molar-refractivity contribution is -0.128. The molecule has 0 atom stereocenters.